The molecule has 0 fully saturated rings. The van der Waals surface area contributed by atoms with E-state index in [0.29, 0.717) is 19.1 Å². The third-order valence-electron chi connectivity index (χ3n) is 1.08. The first-order valence-electron chi connectivity index (χ1n) is 3.73. The summed E-state index contributed by atoms with van der Waals surface area (Å²) >= 11 is 6.96. The van der Waals surface area contributed by atoms with Crippen LogP contribution in [0.5, 0.6) is 0 Å². The molecule has 0 spiro atoms. The Labute approximate surface area is 119 Å². The molecule has 1 unspecified atom stereocenters. The van der Waals surface area contributed by atoms with Gasteiger partial charge in [0.1, 0.15) is 6.61 Å². The zero-order valence-electron chi connectivity index (χ0n) is 7.13. The summed E-state index contributed by atoms with van der Waals surface area (Å²) in [6.07, 6.45) is 0. The van der Waals surface area contributed by atoms with Crippen molar-refractivity contribution >= 4 is 73.7 Å². The molecule has 0 amide bonds. The van der Waals surface area contributed by atoms with Gasteiger partial charge in [0, 0.05) is 0 Å². The molecule has 13 heavy (non-hydrogen) atoms. The third kappa shape index (κ3) is 8.60. The van der Waals surface area contributed by atoms with Crippen molar-refractivity contribution in [2.24, 2.45) is 0 Å². The second-order valence-electron chi connectivity index (χ2n) is 2.17. The van der Waals surface area contributed by atoms with Crippen LogP contribution in [0, 0.1) is 0 Å². The Bertz CT molecular complexity index is 152. The highest BCUT2D eigenvalue weighted by molar-refractivity contribution is 14.2. The van der Waals surface area contributed by atoms with Gasteiger partial charge in [0.2, 0.25) is 0 Å². The largest absolute Gasteiger partial charge is 0.464 e. The van der Waals surface area contributed by atoms with Gasteiger partial charge in [-0.2, -0.15) is 0 Å². The molecule has 0 aliphatic heterocycles. The van der Waals surface area contributed by atoms with E-state index >= 15 is 0 Å². The Morgan fingerprint density at radius 2 is 2.00 bits per heavy atom. The summed E-state index contributed by atoms with van der Waals surface area (Å²) in [6, 6.07) is 0. The van der Waals surface area contributed by atoms with E-state index in [4.69, 9.17) is 9.47 Å². The van der Waals surface area contributed by atoms with Crippen LogP contribution in [0.4, 0.5) is 0 Å². The summed E-state index contributed by atoms with van der Waals surface area (Å²) in [5.41, 5.74) is 0. The van der Waals surface area contributed by atoms with E-state index in [1.807, 2.05) is 0 Å². The fourth-order valence-corrected chi connectivity index (χ4v) is 1.20. The van der Waals surface area contributed by atoms with Crippen molar-refractivity contribution in [2.75, 3.05) is 19.8 Å². The van der Waals surface area contributed by atoms with E-state index in [0.717, 1.165) is 0 Å². The van der Waals surface area contributed by atoms with E-state index in [9.17, 15) is 4.79 Å². The summed E-state index contributed by atoms with van der Waals surface area (Å²) in [4.78, 5) is 10.8. The second-order valence-corrected chi connectivity index (χ2v) is 8.84. The number of rotatable bonds is 6. The van der Waals surface area contributed by atoms with Crippen LogP contribution >= 0.6 is 67.8 Å². The van der Waals surface area contributed by atoms with E-state index in [2.05, 4.69) is 67.8 Å². The maximum absolute atomic E-state index is 10.8. The van der Waals surface area contributed by atoms with Gasteiger partial charge in [-0.3, -0.25) is 0 Å². The van der Waals surface area contributed by atoms with Gasteiger partial charge in [-0.25, -0.2) is 4.79 Å². The fraction of sp³-hybridized carbons (Fsp3) is 0.857. The maximum Gasteiger partial charge on any atom is 0.332 e. The number of carbonyl (C=O) groups excluding carboxylic acids is 1. The van der Waals surface area contributed by atoms with E-state index in [1.54, 1.807) is 6.92 Å². The highest BCUT2D eigenvalue weighted by atomic mass is 127. The molecule has 78 valence electrons. The Morgan fingerprint density at radius 1 is 1.38 bits per heavy atom. The predicted octanol–water partition coefficient (Wildman–Crippen LogP) is 2.57. The molecule has 0 heterocycles. The lowest BCUT2D eigenvalue weighted by Gasteiger charge is -2.10. The molecule has 0 rings (SSSR count). The zero-order chi connectivity index (χ0) is 10.3. The van der Waals surface area contributed by atoms with Crippen molar-refractivity contribution < 1.29 is 14.3 Å². The number of alkyl halides is 3. The van der Waals surface area contributed by atoms with Gasteiger partial charge in [-0.15, -0.1) is 0 Å². The van der Waals surface area contributed by atoms with Crippen LogP contribution < -0.4 is 0 Å². The van der Waals surface area contributed by atoms with Crippen LogP contribution in [0.3, 0.4) is 0 Å². The van der Waals surface area contributed by atoms with Crippen molar-refractivity contribution in [1.82, 2.24) is 0 Å². The standard InChI is InChI=1S/C7H11I3O3/c1-2-13-6(11)4-12-3-5(8)7(9)10/h5,7H,2-4H2,1H3. The SMILES string of the molecule is CCOC(=O)COCC(I)C(I)I. The average molecular weight is 524 g/mol. The molecule has 0 radical (unpaired) electrons. The molecule has 0 saturated heterocycles. The molecular formula is C7H11I3O3. The van der Waals surface area contributed by atoms with Gasteiger partial charge < -0.3 is 9.47 Å². The molecule has 0 aromatic heterocycles. The molecule has 3 nitrogen and oxygen atoms in total. The summed E-state index contributed by atoms with van der Waals surface area (Å²) in [5.74, 6) is -0.287. The van der Waals surface area contributed by atoms with Gasteiger partial charge >= 0.3 is 5.97 Å². The molecule has 0 aromatic rings. The highest BCUT2D eigenvalue weighted by Gasteiger charge is 2.12. The average Bonchev–Trinajstić information content (AvgIpc) is 2.04. The number of ether oxygens (including phenoxy) is 2. The smallest absolute Gasteiger partial charge is 0.332 e. The molecule has 0 N–H and O–H groups in total. The number of esters is 1. The first-order chi connectivity index (χ1) is 6.07. The van der Waals surface area contributed by atoms with Crippen LogP contribution in [-0.2, 0) is 14.3 Å². The Morgan fingerprint density at radius 3 is 2.46 bits per heavy atom. The number of halogens is 3. The fourth-order valence-electron chi connectivity index (χ4n) is 0.530. The van der Waals surface area contributed by atoms with Crippen molar-refractivity contribution in [3.05, 3.63) is 0 Å². The zero-order valence-corrected chi connectivity index (χ0v) is 13.6. The van der Waals surface area contributed by atoms with Gasteiger partial charge in [0.15, 0.2) is 0 Å². The van der Waals surface area contributed by atoms with Crippen LogP contribution in [0.25, 0.3) is 0 Å². The first-order valence-corrected chi connectivity index (χ1v) is 7.47. The minimum atomic E-state index is -0.287. The predicted molar refractivity (Wildman–Crippen MR) is 77.1 cm³/mol. The number of hydrogen-bond acceptors (Lipinski definition) is 3. The summed E-state index contributed by atoms with van der Waals surface area (Å²) in [6.45, 7) is 2.85. The number of hydrogen-bond donors (Lipinski definition) is 0. The quantitative estimate of drug-likeness (QED) is 0.305. The second kappa shape index (κ2) is 8.89. The lowest BCUT2D eigenvalue weighted by Crippen LogP contribution is -2.19. The molecule has 0 aromatic carbocycles. The summed E-state index contributed by atoms with van der Waals surface area (Å²) < 4.78 is 10.8. The van der Waals surface area contributed by atoms with Gasteiger partial charge in [-0.05, 0) is 6.92 Å². The summed E-state index contributed by atoms with van der Waals surface area (Å²) in [7, 11) is 0. The minimum absolute atomic E-state index is 0.0628. The van der Waals surface area contributed by atoms with Crippen LogP contribution in [0.2, 0.25) is 0 Å². The van der Waals surface area contributed by atoms with Crippen molar-refractivity contribution in [3.63, 3.8) is 0 Å². The van der Waals surface area contributed by atoms with Gasteiger partial charge in [-0.1, -0.05) is 67.8 Å². The molecule has 0 bridgehead atoms. The lowest BCUT2D eigenvalue weighted by atomic mass is 10.5. The van der Waals surface area contributed by atoms with E-state index in [-0.39, 0.29) is 12.6 Å². The Kier molecular flexibility index (Phi) is 10.00. The lowest BCUT2D eigenvalue weighted by molar-refractivity contribution is -0.148. The molecule has 0 saturated carbocycles. The van der Waals surface area contributed by atoms with Crippen LogP contribution in [0.1, 0.15) is 6.92 Å². The maximum atomic E-state index is 10.8. The van der Waals surface area contributed by atoms with Crippen molar-refractivity contribution in [3.8, 4) is 0 Å². The van der Waals surface area contributed by atoms with Crippen molar-refractivity contribution in [2.45, 2.75) is 12.8 Å². The molecule has 0 aliphatic rings. The topological polar surface area (TPSA) is 35.5 Å². The minimum Gasteiger partial charge on any atom is -0.464 e. The molecule has 6 heteroatoms. The van der Waals surface area contributed by atoms with Crippen LogP contribution in [0.15, 0.2) is 0 Å². The Hall–Kier alpha value is 1.62. The van der Waals surface area contributed by atoms with Gasteiger partial charge in [0.05, 0.1) is 19.1 Å². The van der Waals surface area contributed by atoms with E-state index in [1.165, 1.54) is 0 Å². The summed E-state index contributed by atoms with van der Waals surface area (Å²) in [5, 5.41) is 0. The number of carbonyl (C=O) groups is 1. The Balaban J connectivity index is 3.39. The van der Waals surface area contributed by atoms with E-state index < -0.39 is 0 Å². The van der Waals surface area contributed by atoms with Gasteiger partial charge in [0.25, 0.3) is 0 Å². The molecule has 1 atom stereocenters. The third-order valence-corrected chi connectivity index (χ3v) is 6.64. The van der Waals surface area contributed by atoms with Crippen molar-refractivity contribution in [1.29, 1.82) is 0 Å². The highest BCUT2D eigenvalue weighted by Crippen LogP contribution is 2.21. The molecular weight excluding hydrogens is 513 g/mol. The monoisotopic (exact) mass is 524 g/mol. The first kappa shape index (κ1) is 14.6. The molecule has 0 aliphatic carbocycles. The normalized spacial score (nSPS) is 13.0. The van der Waals surface area contributed by atoms with Crippen LogP contribution in [-0.4, -0.2) is 31.6 Å².